The van der Waals surface area contributed by atoms with Gasteiger partial charge in [0.15, 0.2) is 0 Å². The highest BCUT2D eigenvalue weighted by molar-refractivity contribution is 5.94. The van der Waals surface area contributed by atoms with E-state index in [1.165, 1.54) is 12.1 Å². The van der Waals surface area contributed by atoms with E-state index in [-0.39, 0.29) is 11.7 Å². The molecule has 2 aromatic carbocycles. The van der Waals surface area contributed by atoms with Gasteiger partial charge in [0.1, 0.15) is 11.4 Å². The largest absolute Gasteiger partial charge is 0.444 e. The molecular formula is C23H28FN3O3. The molecule has 0 aromatic heterocycles. The molecule has 1 aliphatic heterocycles. The van der Waals surface area contributed by atoms with Gasteiger partial charge in [-0.25, -0.2) is 9.18 Å². The van der Waals surface area contributed by atoms with Crippen LogP contribution < -0.4 is 10.2 Å². The minimum atomic E-state index is -0.541. The van der Waals surface area contributed by atoms with Crippen molar-refractivity contribution in [2.45, 2.75) is 32.9 Å². The molecule has 6 nitrogen and oxygen atoms in total. The van der Waals surface area contributed by atoms with Crippen LogP contribution in [-0.2, 0) is 11.3 Å². The average Bonchev–Trinajstić information content (AvgIpc) is 2.72. The number of ether oxygens (including phenoxy) is 1. The number of hydrogen-bond donors (Lipinski definition) is 1. The smallest absolute Gasteiger partial charge is 0.407 e. The van der Waals surface area contributed by atoms with Crippen molar-refractivity contribution < 1.29 is 18.7 Å². The van der Waals surface area contributed by atoms with Gasteiger partial charge in [0.05, 0.1) is 0 Å². The Kier molecular flexibility index (Phi) is 6.59. The van der Waals surface area contributed by atoms with Crippen LogP contribution in [0.15, 0.2) is 48.5 Å². The number of carbonyl (C=O) groups is 2. The van der Waals surface area contributed by atoms with Crippen LogP contribution in [0.25, 0.3) is 0 Å². The Morgan fingerprint density at radius 1 is 0.967 bits per heavy atom. The zero-order valence-corrected chi connectivity index (χ0v) is 17.7. The molecule has 1 fully saturated rings. The van der Waals surface area contributed by atoms with Crippen molar-refractivity contribution in [1.82, 2.24) is 10.2 Å². The first-order valence-electron chi connectivity index (χ1n) is 10.1. The molecule has 0 radical (unpaired) electrons. The monoisotopic (exact) mass is 413 g/mol. The number of nitrogens with zero attached hydrogens (tertiary/aromatic N) is 2. The Morgan fingerprint density at radius 3 is 2.13 bits per heavy atom. The second-order valence-electron chi connectivity index (χ2n) is 8.31. The van der Waals surface area contributed by atoms with Gasteiger partial charge in [0.2, 0.25) is 0 Å². The summed E-state index contributed by atoms with van der Waals surface area (Å²) in [5.74, 6) is -0.266. The summed E-state index contributed by atoms with van der Waals surface area (Å²) in [6, 6.07) is 13.6. The van der Waals surface area contributed by atoms with Gasteiger partial charge in [0.25, 0.3) is 5.91 Å². The van der Waals surface area contributed by atoms with Crippen molar-refractivity contribution >= 4 is 17.7 Å². The molecule has 0 unspecified atom stereocenters. The summed E-state index contributed by atoms with van der Waals surface area (Å²) in [4.78, 5) is 28.5. The zero-order valence-electron chi connectivity index (χ0n) is 17.7. The van der Waals surface area contributed by atoms with Crippen LogP contribution in [0.3, 0.4) is 0 Å². The van der Waals surface area contributed by atoms with Gasteiger partial charge in [-0.1, -0.05) is 12.1 Å². The van der Waals surface area contributed by atoms with Crippen LogP contribution in [-0.4, -0.2) is 48.7 Å². The molecule has 0 spiro atoms. The molecular weight excluding hydrogens is 385 g/mol. The highest BCUT2D eigenvalue weighted by atomic mass is 19.1. The molecule has 3 rings (SSSR count). The predicted molar refractivity (Wildman–Crippen MR) is 114 cm³/mol. The number of anilines is 1. The van der Waals surface area contributed by atoms with E-state index in [0.717, 1.165) is 11.3 Å². The van der Waals surface area contributed by atoms with E-state index in [4.69, 9.17) is 4.74 Å². The Bertz CT molecular complexity index is 868. The van der Waals surface area contributed by atoms with E-state index in [2.05, 4.69) is 10.2 Å². The number of amides is 2. The predicted octanol–water partition coefficient (Wildman–Crippen LogP) is 3.81. The first kappa shape index (κ1) is 21.6. The van der Waals surface area contributed by atoms with Crippen molar-refractivity contribution in [1.29, 1.82) is 0 Å². The SMILES string of the molecule is CC(C)(C)OC(=O)NCc1ccc(C(=O)N2CCN(c3ccc(F)cc3)CC2)cc1. The molecule has 1 N–H and O–H groups in total. The van der Waals surface area contributed by atoms with Crippen molar-refractivity contribution in [2.75, 3.05) is 31.1 Å². The topological polar surface area (TPSA) is 61.9 Å². The molecule has 0 atom stereocenters. The number of nitrogens with one attached hydrogen (secondary N) is 1. The van der Waals surface area contributed by atoms with E-state index in [1.807, 2.05) is 37.8 Å². The number of hydrogen-bond acceptors (Lipinski definition) is 4. The highest BCUT2D eigenvalue weighted by Gasteiger charge is 2.22. The molecule has 2 aromatic rings. The first-order valence-corrected chi connectivity index (χ1v) is 10.1. The van der Waals surface area contributed by atoms with Crippen LogP contribution in [0.2, 0.25) is 0 Å². The summed E-state index contributed by atoms with van der Waals surface area (Å²) in [6.45, 7) is 8.39. The van der Waals surface area contributed by atoms with Gasteiger partial charge in [0, 0.05) is 44.0 Å². The standard InChI is InChI=1S/C23H28FN3O3/c1-23(2,3)30-22(29)25-16-17-4-6-18(7-5-17)21(28)27-14-12-26(13-15-27)20-10-8-19(24)9-11-20/h4-11H,12-16H2,1-3H3,(H,25,29). The number of halogens is 1. The van der Waals surface area contributed by atoms with Crippen LogP contribution in [0, 0.1) is 5.82 Å². The molecule has 30 heavy (non-hydrogen) atoms. The molecule has 2 amide bonds. The van der Waals surface area contributed by atoms with Crippen LogP contribution in [0.1, 0.15) is 36.7 Å². The van der Waals surface area contributed by atoms with Crippen molar-refractivity contribution in [3.8, 4) is 0 Å². The second-order valence-corrected chi connectivity index (χ2v) is 8.31. The lowest BCUT2D eigenvalue weighted by Crippen LogP contribution is -2.48. The van der Waals surface area contributed by atoms with E-state index in [0.29, 0.717) is 38.3 Å². The van der Waals surface area contributed by atoms with Crippen molar-refractivity contribution in [2.24, 2.45) is 0 Å². The van der Waals surface area contributed by atoms with E-state index >= 15 is 0 Å². The van der Waals surface area contributed by atoms with Gasteiger partial charge in [-0.15, -0.1) is 0 Å². The third kappa shape index (κ3) is 5.95. The van der Waals surface area contributed by atoms with E-state index in [1.54, 1.807) is 24.3 Å². The normalized spacial score (nSPS) is 14.4. The fraction of sp³-hybridized carbons (Fsp3) is 0.391. The summed E-state index contributed by atoms with van der Waals surface area (Å²) in [5, 5.41) is 2.71. The molecule has 0 saturated carbocycles. The fourth-order valence-corrected chi connectivity index (χ4v) is 3.26. The third-order valence-corrected chi connectivity index (χ3v) is 4.80. The molecule has 7 heteroatoms. The van der Waals surface area contributed by atoms with Crippen molar-refractivity contribution in [3.05, 3.63) is 65.5 Å². The summed E-state index contributed by atoms with van der Waals surface area (Å²) >= 11 is 0. The van der Waals surface area contributed by atoms with E-state index < -0.39 is 11.7 Å². The first-order chi connectivity index (χ1) is 14.2. The molecule has 1 heterocycles. The second kappa shape index (κ2) is 9.15. The third-order valence-electron chi connectivity index (χ3n) is 4.80. The number of alkyl carbamates (subject to hydrolysis) is 1. The van der Waals surface area contributed by atoms with Crippen molar-refractivity contribution in [3.63, 3.8) is 0 Å². The minimum Gasteiger partial charge on any atom is -0.444 e. The van der Waals surface area contributed by atoms with Gasteiger partial charge in [-0.2, -0.15) is 0 Å². The molecule has 160 valence electrons. The maximum Gasteiger partial charge on any atom is 0.407 e. The van der Waals surface area contributed by atoms with Gasteiger partial charge < -0.3 is 19.9 Å². The number of benzene rings is 2. The molecule has 0 aliphatic carbocycles. The molecule has 1 aliphatic rings. The lowest BCUT2D eigenvalue weighted by atomic mass is 10.1. The van der Waals surface area contributed by atoms with Gasteiger partial charge in [-0.3, -0.25) is 4.79 Å². The van der Waals surface area contributed by atoms with Gasteiger partial charge >= 0.3 is 6.09 Å². The lowest BCUT2D eigenvalue weighted by Gasteiger charge is -2.36. The van der Waals surface area contributed by atoms with Crippen LogP contribution >= 0.6 is 0 Å². The number of rotatable bonds is 4. The zero-order chi connectivity index (χ0) is 21.7. The van der Waals surface area contributed by atoms with Crippen LogP contribution in [0.5, 0.6) is 0 Å². The van der Waals surface area contributed by atoms with Gasteiger partial charge in [-0.05, 0) is 62.7 Å². The quantitative estimate of drug-likeness (QED) is 0.828. The Morgan fingerprint density at radius 2 is 1.57 bits per heavy atom. The highest BCUT2D eigenvalue weighted by Crippen LogP contribution is 2.18. The summed E-state index contributed by atoms with van der Waals surface area (Å²) < 4.78 is 18.3. The maximum absolute atomic E-state index is 13.1. The number of carbonyl (C=O) groups excluding carboxylic acids is 2. The Hall–Kier alpha value is -3.09. The summed E-state index contributed by atoms with van der Waals surface area (Å²) in [7, 11) is 0. The summed E-state index contributed by atoms with van der Waals surface area (Å²) in [6.07, 6.45) is -0.471. The summed E-state index contributed by atoms with van der Waals surface area (Å²) in [5.41, 5.74) is 1.93. The number of piperazine rings is 1. The van der Waals surface area contributed by atoms with E-state index in [9.17, 15) is 14.0 Å². The molecule has 1 saturated heterocycles. The lowest BCUT2D eigenvalue weighted by molar-refractivity contribution is 0.0523. The fourth-order valence-electron chi connectivity index (χ4n) is 3.26. The van der Waals surface area contributed by atoms with Crippen LogP contribution in [0.4, 0.5) is 14.9 Å². The Labute approximate surface area is 176 Å². The molecule has 0 bridgehead atoms. The average molecular weight is 413 g/mol. The Balaban J connectivity index is 1.50. The minimum absolute atomic E-state index is 0.0135. The maximum atomic E-state index is 13.1.